The molecule has 0 aliphatic carbocycles. The van der Waals surface area contributed by atoms with E-state index >= 15 is 0 Å². The third-order valence-electron chi connectivity index (χ3n) is 4.95. The summed E-state index contributed by atoms with van der Waals surface area (Å²) < 4.78 is 26.5. The van der Waals surface area contributed by atoms with E-state index in [4.69, 9.17) is 5.73 Å². The van der Waals surface area contributed by atoms with Crippen molar-refractivity contribution in [3.63, 3.8) is 0 Å². The first kappa shape index (κ1) is 18.8. The van der Waals surface area contributed by atoms with Gasteiger partial charge in [-0.25, -0.2) is 8.42 Å². The fraction of sp³-hybridized carbons (Fsp3) is 0.556. The Balaban J connectivity index is 1.40. The van der Waals surface area contributed by atoms with Gasteiger partial charge in [-0.2, -0.15) is 0 Å². The molecule has 3 rings (SSSR count). The van der Waals surface area contributed by atoms with Crippen LogP contribution >= 0.6 is 0 Å². The Hall–Kier alpha value is -1.93. The van der Waals surface area contributed by atoms with Gasteiger partial charge in [0.05, 0.1) is 4.90 Å². The molecule has 1 atom stereocenters. The van der Waals surface area contributed by atoms with Crippen molar-refractivity contribution < 1.29 is 13.2 Å². The van der Waals surface area contributed by atoms with Gasteiger partial charge in [-0.1, -0.05) is 18.6 Å². The third-order valence-corrected chi connectivity index (χ3v) is 6.35. The molecule has 2 heterocycles. The Labute approximate surface area is 154 Å². The molecular formula is C18H26N4O3S. The summed E-state index contributed by atoms with van der Waals surface area (Å²) in [6.07, 6.45) is 4.12. The summed E-state index contributed by atoms with van der Waals surface area (Å²) in [5.41, 5.74) is 6.29. The SMILES string of the molecule is NCC1CCN(C(=O)CCCCCN=C2NS(=O)(=O)c3ccccc32)C1. The van der Waals surface area contributed by atoms with Gasteiger partial charge in [-0.05, 0) is 43.9 Å². The summed E-state index contributed by atoms with van der Waals surface area (Å²) >= 11 is 0. The van der Waals surface area contributed by atoms with Crippen LogP contribution in [-0.4, -0.2) is 51.2 Å². The number of amides is 1. The van der Waals surface area contributed by atoms with Crippen LogP contribution in [0.2, 0.25) is 0 Å². The summed E-state index contributed by atoms with van der Waals surface area (Å²) in [7, 11) is -3.47. The molecule has 3 N–H and O–H groups in total. The van der Waals surface area contributed by atoms with Crippen molar-refractivity contribution in [2.24, 2.45) is 16.6 Å². The molecule has 1 amide bonds. The predicted octanol–water partition coefficient (Wildman–Crippen LogP) is 1.09. The van der Waals surface area contributed by atoms with Crippen LogP contribution in [0.15, 0.2) is 34.2 Å². The lowest BCUT2D eigenvalue weighted by Gasteiger charge is -2.16. The quantitative estimate of drug-likeness (QED) is 0.693. The van der Waals surface area contributed by atoms with Gasteiger partial charge in [0.1, 0.15) is 5.84 Å². The van der Waals surface area contributed by atoms with Crippen LogP contribution in [0, 0.1) is 5.92 Å². The number of amidine groups is 1. The van der Waals surface area contributed by atoms with Gasteiger partial charge in [-0.3, -0.25) is 14.5 Å². The number of carbonyl (C=O) groups excluding carboxylic acids is 1. The highest BCUT2D eigenvalue weighted by molar-refractivity contribution is 7.90. The van der Waals surface area contributed by atoms with Crippen LogP contribution in [0.5, 0.6) is 0 Å². The number of nitrogens with one attached hydrogen (secondary N) is 1. The molecule has 1 saturated heterocycles. The maximum atomic E-state index is 12.1. The lowest BCUT2D eigenvalue weighted by molar-refractivity contribution is -0.130. The number of fused-ring (bicyclic) bond motifs is 1. The van der Waals surface area contributed by atoms with Crippen LogP contribution in [0.3, 0.4) is 0 Å². The first-order chi connectivity index (χ1) is 12.5. The van der Waals surface area contributed by atoms with Crippen molar-refractivity contribution in [2.75, 3.05) is 26.2 Å². The molecule has 2 aliphatic rings. The number of benzene rings is 1. The Morgan fingerprint density at radius 2 is 2.08 bits per heavy atom. The smallest absolute Gasteiger partial charge is 0.263 e. The van der Waals surface area contributed by atoms with Gasteiger partial charge in [0.15, 0.2) is 0 Å². The van der Waals surface area contributed by atoms with Crippen LogP contribution in [0.4, 0.5) is 0 Å². The first-order valence-electron chi connectivity index (χ1n) is 9.16. The zero-order valence-corrected chi connectivity index (χ0v) is 15.7. The highest BCUT2D eigenvalue weighted by atomic mass is 32.2. The highest BCUT2D eigenvalue weighted by Crippen LogP contribution is 2.22. The third kappa shape index (κ3) is 4.24. The summed E-state index contributed by atoms with van der Waals surface area (Å²) in [5.74, 6) is 1.08. The Kier molecular flexibility index (Phi) is 5.93. The van der Waals surface area contributed by atoms with Crippen molar-refractivity contribution in [2.45, 2.75) is 37.0 Å². The molecule has 1 aromatic rings. The standard InChI is InChI=1S/C18H26N4O3S/c19-12-14-9-11-22(13-14)17(23)8-2-1-5-10-20-18-15-6-3-4-7-16(15)26(24,25)21-18/h3-4,6-7,14H,1-2,5,8-13,19H2,(H,20,21). The normalized spacial score (nSPS) is 22.4. The highest BCUT2D eigenvalue weighted by Gasteiger charge is 2.29. The van der Waals surface area contributed by atoms with E-state index in [1.807, 2.05) is 4.90 Å². The van der Waals surface area contributed by atoms with Gasteiger partial charge in [-0.15, -0.1) is 0 Å². The number of sulfonamides is 1. The van der Waals surface area contributed by atoms with E-state index < -0.39 is 10.0 Å². The molecule has 2 aliphatic heterocycles. The minimum Gasteiger partial charge on any atom is -0.342 e. The molecule has 142 valence electrons. The number of nitrogens with zero attached hydrogens (tertiary/aromatic N) is 2. The molecule has 1 fully saturated rings. The lowest BCUT2D eigenvalue weighted by atomic mass is 10.1. The van der Waals surface area contributed by atoms with Gasteiger partial charge < -0.3 is 10.6 Å². The number of rotatable bonds is 7. The maximum Gasteiger partial charge on any atom is 0.263 e. The molecule has 0 spiro atoms. The van der Waals surface area contributed by atoms with E-state index in [1.165, 1.54) is 0 Å². The number of aliphatic imine (C=N–C) groups is 1. The number of likely N-dealkylation sites (tertiary alicyclic amines) is 1. The second-order valence-electron chi connectivity index (χ2n) is 6.87. The number of hydrogen-bond donors (Lipinski definition) is 2. The zero-order chi connectivity index (χ0) is 18.6. The van der Waals surface area contributed by atoms with Crippen molar-refractivity contribution >= 4 is 21.8 Å². The molecule has 1 aromatic carbocycles. The van der Waals surface area contributed by atoms with Crippen LogP contribution < -0.4 is 10.5 Å². The number of hydrogen-bond acceptors (Lipinski definition) is 5. The lowest BCUT2D eigenvalue weighted by Crippen LogP contribution is -2.29. The molecule has 1 unspecified atom stereocenters. The molecular weight excluding hydrogens is 352 g/mol. The van der Waals surface area contributed by atoms with E-state index in [2.05, 4.69) is 9.71 Å². The van der Waals surface area contributed by atoms with Crippen molar-refractivity contribution in [3.05, 3.63) is 29.8 Å². The first-order valence-corrected chi connectivity index (χ1v) is 10.6. The van der Waals surface area contributed by atoms with Gasteiger partial charge >= 0.3 is 0 Å². The van der Waals surface area contributed by atoms with Gasteiger partial charge in [0.2, 0.25) is 5.91 Å². The molecule has 7 nitrogen and oxygen atoms in total. The largest absolute Gasteiger partial charge is 0.342 e. The van der Waals surface area contributed by atoms with E-state index in [1.54, 1.807) is 24.3 Å². The topological polar surface area (TPSA) is 105 Å². The fourth-order valence-electron chi connectivity index (χ4n) is 3.42. The van der Waals surface area contributed by atoms with Crippen LogP contribution in [-0.2, 0) is 14.8 Å². The van der Waals surface area contributed by atoms with E-state index in [-0.39, 0.29) is 10.8 Å². The average molecular weight is 378 g/mol. The van der Waals surface area contributed by atoms with Crippen molar-refractivity contribution in [3.8, 4) is 0 Å². The van der Waals surface area contributed by atoms with Crippen molar-refractivity contribution in [1.29, 1.82) is 0 Å². The van der Waals surface area contributed by atoms with Crippen LogP contribution in [0.1, 0.15) is 37.7 Å². The molecule has 0 aromatic heterocycles. The summed E-state index contributed by atoms with van der Waals surface area (Å²) in [6.45, 7) is 2.81. The second kappa shape index (κ2) is 8.18. The molecule has 0 radical (unpaired) electrons. The number of nitrogens with two attached hydrogens (primary N) is 1. The second-order valence-corrected chi connectivity index (χ2v) is 8.52. The summed E-state index contributed by atoms with van der Waals surface area (Å²) in [5, 5.41) is 0. The fourth-order valence-corrected chi connectivity index (χ4v) is 4.67. The van der Waals surface area contributed by atoms with Crippen molar-refractivity contribution in [1.82, 2.24) is 9.62 Å². The van der Waals surface area contributed by atoms with Gasteiger partial charge in [0, 0.05) is 31.6 Å². The van der Waals surface area contributed by atoms with Crippen LogP contribution in [0.25, 0.3) is 0 Å². The van der Waals surface area contributed by atoms with E-state index in [0.717, 1.165) is 38.8 Å². The number of unbranched alkanes of at least 4 members (excludes halogenated alkanes) is 2. The maximum absolute atomic E-state index is 12.1. The Bertz CT molecular complexity index is 791. The predicted molar refractivity (Wildman–Crippen MR) is 100 cm³/mol. The Morgan fingerprint density at radius 1 is 1.27 bits per heavy atom. The minimum absolute atomic E-state index is 0.213. The summed E-state index contributed by atoms with van der Waals surface area (Å²) in [4.78, 5) is 18.7. The zero-order valence-electron chi connectivity index (χ0n) is 14.9. The minimum atomic E-state index is -3.47. The molecule has 8 heteroatoms. The molecule has 26 heavy (non-hydrogen) atoms. The molecule has 0 saturated carbocycles. The molecule has 0 bridgehead atoms. The van der Waals surface area contributed by atoms with Gasteiger partial charge in [0.25, 0.3) is 10.0 Å². The number of carbonyl (C=O) groups is 1. The average Bonchev–Trinajstić information content (AvgIpc) is 3.21. The van der Waals surface area contributed by atoms with E-state index in [9.17, 15) is 13.2 Å². The Morgan fingerprint density at radius 3 is 2.85 bits per heavy atom. The van der Waals surface area contributed by atoms with E-state index in [0.29, 0.717) is 36.8 Å². The monoisotopic (exact) mass is 378 g/mol. The summed E-state index contributed by atoms with van der Waals surface area (Å²) in [6, 6.07) is 6.85.